The fraction of sp³-hybridized carbons (Fsp3) is 0.100. The van der Waals surface area contributed by atoms with Gasteiger partial charge in [0, 0.05) is 5.69 Å². The van der Waals surface area contributed by atoms with Crippen LogP contribution in [-0.2, 0) is 4.79 Å². The topological polar surface area (TPSA) is 80.6 Å². The Kier molecular flexibility index (Phi) is 5.51. The van der Waals surface area contributed by atoms with Crippen LogP contribution in [0.15, 0.2) is 71.3 Å². The Morgan fingerprint density at radius 3 is 2.41 bits per heavy atom. The monoisotopic (exact) mass is 368 g/mol. The first kappa shape index (κ1) is 18.2. The molecule has 0 spiro atoms. The van der Waals surface area contributed by atoms with Crippen LogP contribution >= 0.6 is 0 Å². The molecule has 0 radical (unpaired) electrons. The average molecular weight is 368 g/mol. The highest BCUT2D eigenvalue weighted by molar-refractivity contribution is 6.02. The van der Waals surface area contributed by atoms with E-state index < -0.39 is 17.8 Å². The van der Waals surface area contributed by atoms with E-state index in [1.807, 2.05) is 0 Å². The molecule has 0 bridgehead atoms. The molecule has 0 saturated carbocycles. The lowest BCUT2D eigenvalue weighted by atomic mass is 10.2. The standard InChI is InChI=1S/C20H17FN2O4/c1-13(19(24)23-17-6-3-2-5-16(17)21)27-15-10-8-14(9-11-15)22-20(25)18-7-4-12-26-18/h2-13H,1H3,(H,22,25)(H,23,24)/t13-/m1/s1. The van der Waals surface area contributed by atoms with E-state index in [9.17, 15) is 14.0 Å². The molecule has 2 N–H and O–H groups in total. The Bertz CT molecular complexity index is 923. The van der Waals surface area contributed by atoms with Crippen molar-refractivity contribution < 1.29 is 23.1 Å². The van der Waals surface area contributed by atoms with Gasteiger partial charge in [-0.1, -0.05) is 12.1 Å². The second kappa shape index (κ2) is 8.18. The lowest BCUT2D eigenvalue weighted by Crippen LogP contribution is -2.30. The summed E-state index contributed by atoms with van der Waals surface area (Å²) in [6.07, 6.45) is 0.577. The predicted molar refractivity (Wildman–Crippen MR) is 98.2 cm³/mol. The molecule has 0 saturated heterocycles. The summed E-state index contributed by atoms with van der Waals surface area (Å²) in [5.74, 6) is -0.729. The molecule has 3 aromatic rings. The van der Waals surface area contributed by atoms with Gasteiger partial charge in [0.05, 0.1) is 12.0 Å². The van der Waals surface area contributed by atoms with Gasteiger partial charge < -0.3 is 19.8 Å². The first-order chi connectivity index (χ1) is 13.0. The minimum Gasteiger partial charge on any atom is -0.481 e. The molecule has 1 heterocycles. The molecule has 0 aliphatic carbocycles. The second-order valence-corrected chi connectivity index (χ2v) is 5.68. The Hall–Kier alpha value is -3.61. The third-order valence-corrected chi connectivity index (χ3v) is 3.67. The van der Waals surface area contributed by atoms with Crippen molar-refractivity contribution in [3.05, 3.63) is 78.5 Å². The maximum absolute atomic E-state index is 13.6. The number of amides is 2. The van der Waals surface area contributed by atoms with Crippen molar-refractivity contribution in [2.45, 2.75) is 13.0 Å². The summed E-state index contributed by atoms with van der Waals surface area (Å²) < 4.78 is 24.2. The van der Waals surface area contributed by atoms with Gasteiger partial charge in [0.1, 0.15) is 11.6 Å². The number of anilines is 2. The molecular weight excluding hydrogens is 351 g/mol. The van der Waals surface area contributed by atoms with Crippen LogP contribution in [0.4, 0.5) is 15.8 Å². The number of carbonyl (C=O) groups is 2. The first-order valence-electron chi connectivity index (χ1n) is 8.20. The van der Waals surface area contributed by atoms with Gasteiger partial charge in [-0.3, -0.25) is 9.59 Å². The highest BCUT2D eigenvalue weighted by Gasteiger charge is 2.16. The summed E-state index contributed by atoms with van der Waals surface area (Å²) in [4.78, 5) is 24.1. The van der Waals surface area contributed by atoms with Crippen molar-refractivity contribution in [1.82, 2.24) is 0 Å². The zero-order chi connectivity index (χ0) is 19.2. The van der Waals surface area contributed by atoms with E-state index in [0.29, 0.717) is 11.4 Å². The van der Waals surface area contributed by atoms with Crippen molar-refractivity contribution in [3.63, 3.8) is 0 Å². The van der Waals surface area contributed by atoms with Crippen LogP contribution in [0, 0.1) is 5.82 Å². The van der Waals surface area contributed by atoms with Crippen molar-refractivity contribution in [2.24, 2.45) is 0 Å². The van der Waals surface area contributed by atoms with Crippen LogP contribution in [0.3, 0.4) is 0 Å². The van der Waals surface area contributed by atoms with Crippen molar-refractivity contribution in [2.75, 3.05) is 10.6 Å². The number of carbonyl (C=O) groups excluding carboxylic acids is 2. The zero-order valence-corrected chi connectivity index (χ0v) is 14.4. The number of furan rings is 1. The molecule has 1 aromatic heterocycles. The number of halogens is 1. The minimum absolute atomic E-state index is 0.0916. The number of rotatable bonds is 6. The minimum atomic E-state index is -0.840. The Morgan fingerprint density at radius 1 is 1.00 bits per heavy atom. The number of hydrogen-bond acceptors (Lipinski definition) is 4. The molecule has 0 unspecified atom stereocenters. The second-order valence-electron chi connectivity index (χ2n) is 5.68. The predicted octanol–water partition coefficient (Wildman–Crippen LogP) is 4.08. The third-order valence-electron chi connectivity index (χ3n) is 3.67. The maximum atomic E-state index is 13.6. The molecule has 27 heavy (non-hydrogen) atoms. The van der Waals surface area contributed by atoms with E-state index in [0.717, 1.165) is 0 Å². The molecule has 1 atom stereocenters. The molecule has 6 nitrogen and oxygen atoms in total. The molecule has 7 heteroatoms. The van der Waals surface area contributed by atoms with Gasteiger partial charge in [0.2, 0.25) is 0 Å². The summed E-state index contributed by atoms with van der Waals surface area (Å²) in [6.45, 7) is 1.56. The fourth-order valence-electron chi connectivity index (χ4n) is 2.27. The molecule has 138 valence electrons. The first-order valence-corrected chi connectivity index (χ1v) is 8.20. The van der Waals surface area contributed by atoms with Crippen LogP contribution in [0.5, 0.6) is 5.75 Å². The molecule has 0 aliphatic rings. The normalized spacial score (nSPS) is 11.5. The Labute approximate surface area is 155 Å². The lowest BCUT2D eigenvalue weighted by molar-refractivity contribution is -0.122. The summed E-state index contributed by atoms with van der Waals surface area (Å²) >= 11 is 0. The van der Waals surface area contributed by atoms with Crippen LogP contribution in [-0.4, -0.2) is 17.9 Å². The van der Waals surface area contributed by atoms with E-state index in [4.69, 9.17) is 9.15 Å². The van der Waals surface area contributed by atoms with Crippen molar-refractivity contribution in [3.8, 4) is 5.75 Å². The molecule has 2 aromatic carbocycles. The van der Waals surface area contributed by atoms with Crippen molar-refractivity contribution >= 4 is 23.2 Å². The highest BCUT2D eigenvalue weighted by atomic mass is 19.1. The van der Waals surface area contributed by atoms with Gasteiger partial charge in [-0.05, 0) is 55.5 Å². The van der Waals surface area contributed by atoms with E-state index >= 15 is 0 Å². The summed E-state index contributed by atoms with van der Waals surface area (Å²) in [5.41, 5.74) is 0.640. The molecular formula is C20H17FN2O4. The Balaban J connectivity index is 1.56. The summed E-state index contributed by atoms with van der Waals surface area (Å²) in [6, 6.07) is 15.6. The number of hydrogen-bond donors (Lipinski definition) is 2. The van der Waals surface area contributed by atoms with Gasteiger partial charge in [-0.2, -0.15) is 0 Å². The van der Waals surface area contributed by atoms with Crippen LogP contribution in [0.1, 0.15) is 17.5 Å². The van der Waals surface area contributed by atoms with Gasteiger partial charge in [-0.15, -0.1) is 0 Å². The van der Waals surface area contributed by atoms with Gasteiger partial charge in [-0.25, -0.2) is 4.39 Å². The molecule has 2 amide bonds. The van der Waals surface area contributed by atoms with Crippen LogP contribution in [0.2, 0.25) is 0 Å². The van der Waals surface area contributed by atoms with Gasteiger partial charge in [0.15, 0.2) is 11.9 Å². The fourth-order valence-corrected chi connectivity index (χ4v) is 2.27. The van der Waals surface area contributed by atoms with Gasteiger partial charge >= 0.3 is 0 Å². The van der Waals surface area contributed by atoms with Gasteiger partial charge in [0.25, 0.3) is 11.8 Å². The Morgan fingerprint density at radius 2 is 1.74 bits per heavy atom. The highest BCUT2D eigenvalue weighted by Crippen LogP contribution is 2.19. The van der Waals surface area contributed by atoms with Crippen molar-refractivity contribution in [1.29, 1.82) is 0 Å². The smallest absolute Gasteiger partial charge is 0.291 e. The van der Waals surface area contributed by atoms with E-state index in [1.165, 1.54) is 24.5 Å². The molecule has 0 fully saturated rings. The summed E-state index contributed by atoms with van der Waals surface area (Å²) in [7, 11) is 0. The van der Waals surface area contributed by atoms with E-state index in [2.05, 4.69) is 10.6 Å². The summed E-state index contributed by atoms with van der Waals surface area (Å²) in [5, 5.41) is 5.15. The number of ether oxygens (including phenoxy) is 1. The number of nitrogens with one attached hydrogen (secondary N) is 2. The van der Waals surface area contributed by atoms with E-state index in [-0.39, 0.29) is 17.4 Å². The maximum Gasteiger partial charge on any atom is 0.291 e. The molecule has 3 rings (SSSR count). The van der Waals surface area contributed by atoms with Crippen LogP contribution in [0.25, 0.3) is 0 Å². The largest absolute Gasteiger partial charge is 0.481 e. The number of para-hydroxylation sites is 1. The SMILES string of the molecule is C[C@@H](Oc1ccc(NC(=O)c2ccco2)cc1)C(=O)Nc1ccccc1F. The van der Waals surface area contributed by atoms with Crippen LogP contribution < -0.4 is 15.4 Å². The van der Waals surface area contributed by atoms with E-state index in [1.54, 1.807) is 49.4 Å². The lowest BCUT2D eigenvalue weighted by Gasteiger charge is -2.15. The quantitative estimate of drug-likeness (QED) is 0.687. The third kappa shape index (κ3) is 4.72. The molecule has 0 aliphatic heterocycles. The number of benzene rings is 2. The zero-order valence-electron chi connectivity index (χ0n) is 14.4. The average Bonchev–Trinajstić information content (AvgIpc) is 3.20.